The van der Waals surface area contributed by atoms with Gasteiger partial charge in [-0.1, -0.05) is 0 Å². The van der Waals surface area contributed by atoms with Crippen LogP contribution in [0, 0.1) is 0 Å². The van der Waals surface area contributed by atoms with Crippen LogP contribution in [0.15, 0.2) is 4.07 Å². The summed E-state index contributed by atoms with van der Waals surface area (Å²) in [6, 6.07) is 0. The Labute approximate surface area is 168 Å². The summed E-state index contributed by atoms with van der Waals surface area (Å²) < 4.78 is 13.2. The molecule has 0 spiro atoms. The Bertz CT molecular complexity index is 553. The third-order valence-corrected chi connectivity index (χ3v) is 44.0. The first kappa shape index (κ1) is 24.4. The Balaban J connectivity index is 3.99. The van der Waals surface area contributed by atoms with Crippen molar-refractivity contribution in [3.05, 3.63) is 10.4 Å². The van der Waals surface area contributed by atoms with E-state index in [-0.39, 0.29) is 11.1 Å². The molecular weight excluding hydrogens is 433 g/mol. The van der Waals surface area contributed by atoms with Gasteiger partial charge in [0, 0.05) is 0 Å². The number of hydrogen-bond acceptors (Lipinski definition) is 4. The second-order valence-electron chi connectivity index (χ2n) is 12.0. The van der Waals surface area contributed by atoms with Crippen LogP contribution in [-0.2, 0) is 0 Å². The molecule has 6 nitrogen and oxygen atoms in total. The van der Waals surface area contributed by atoms with E-state index >= 15 is 0 Å². The summed E-state index contributed by atoms with van der Waals surface area (Å²) >= 11 is -3.42. The van der Waals surface area contributed by atoms with E-state index in [9.17, 15) is 5.53 Å². The molecule has 1 aliphatic heterocycles. The molecule has 1 aliphatic rings. The number of hydrogen-bond donors (Lipinski definition) is 0. The van der Waals surface area contributed by atoms with Crippen LogP contribution in [0.1, 0.15) is 41.5 Å². The van der Waals surface area contributed by atoms with Crippen molar-refractivity contribution in [3.8, 4) is 0 Å². The van der Waals surface area contributed by atoms with Crippen molar-refractivity contribution >= 4 is 39.0 Å². The first-order valence-corrected chi connectivity index (χ1v) is 23.2. The van der Waals surface area contributed by atoms with Crippen LogP contribution >= 0.6 is 0 Å². The molecule has 0 aromatic heterocycles. The van der Waals surface area contributed by atoms with E-state index in [1.54, 1.807) is 0 Å². The Hall–Kier alpha value is 0.384. The van der Waals surface area contributed by atoms with Gasteiger partial charge in [-0.05, 0) is 0 Å². The zero-order chi connectivity index (χ0) is 21.1. The van der Waals surface area contributed by atoms with Crippen molar-refractivity contribution in [2.75, 3.05) is 0 Å². The number of nitrogens with zero attached hydrogens (tertiary/aromatic N) is 6. The van der Waals surface area contributed by atoms with Gasteiger partial charge in [0.15, 0.2) is 0 Å². The molecule has 1 fully saturated rings. The van der Waals surface area contributed by atoms with Gasteiger partial charge in [-0.2, -0.15) is 0 Å². The van der Waals surface area contributed by atoms with Gasteiger partial charge >= 0.3 is 169 Å². The molecule has 1 heterocycles. The molecule has 10 heteroatoms. The van der Waals surface area contributed by atoms with Crippen LogP contribution in [0.4, 0.5) is 0 Å². The minimum absolute atomic E-state index is 0.00319. The van der Waals surface area contributed by atoms with E-state index < -0.39 is 39.0 Å². The molecule has 0 unspecified atom stereocenters. The summed E-state index contributed by atoms with van der Waals surface area (Å²) in [5.74, 6) is 0. The molecule has 0 saturated carbocycles. The maximum atomic E-state index is 9.76. The van der Waals surface area contributed by atoms with Crippen molar-refractivity contribution in [1.82, 2.24) is 10.2 Å². The summed E-state index contributed by atoms with van der Waals surface area (Å²) in [7, 11) is -5.32. The van der Waals surface area contributed by atoms with Crippen LogP contribution in [0.3, 0.4) is 0 Å². The van der Waals surface area contributed by atoms with Gasteiger partial charge in [-0.3, -0.25) is 0 Å². The van der Waals surface area contributed by atoms with E-state index in [1.165, 1.54) is 0 Å². The van der Waals surface area contributed by atoms with E-state index in [1.807, 2.05) is 0 Å². The van der Waals surface area contributed by atoms with Crippen molar-refractivity contribution in [2.45, 2.75) is 105 Å². The Morgan fingerprint density at radius 3 is 1.35 bits per heavy atom. The third-order valence-electron chi connectivity index (χ3n) is 4.86. The molecule has 1 saturated heterocycles. The molecule has 26 heavy (non-hydrogen) atoms. The van der Waals surface area contributed by atoms with E-state index in [4.69, 9.17) is 4.07 Å². The molecular formula is C16H42GeN6Si3. The van der Waals surface area contributed by atoms with Crippen LogP contribution in [0.5, 0.6) is 0 Å². The van der Waals surface area contributed by atoms with Gasteiger partial charge in [-0.25, -0.2) is 0 Å². The molecule has 152 valence electrons. The Morgan fingerprint density at radius 2 is 1.15 bits per heavy atom. The average molecular weight is 475 g/mol. The van der Waals surface area contributed by atoms with Gasteiger partial charge in [0.25, 0.3) is 0 Å². The topological polar surface area (TPSA) is 58.5 Å². The second-order valence-corrected chi connectivity index (χ2v) is 35.4. The first-order chi connectivity index (χ1) is 11.2. The minimum atomic E-state index is -3.42. The SMILES string of the molecule is CC(C)(C)[N]1[Si](C)(C)[N](C(C)(C)C)[Ge]1([N]=[N+]=[N-])[N]([Si](C)(C)C)[Si](C)(C)C. The summed E-state index contributed by atoms with van der Waals surface area (Å²) in [6.07, 6.45) is 0. The van der Waals surface area contributed by atoms with Gasteiger partial charge in [0.1, 0.15) is 0 Å². The zero-order valence-electron chi connectivity index (χ0n) is 19.7. The Kier molecular flexibility index (Phi) is 6.31. The predicted molar refractivity (Wildman–Crippen MR) is 124 cm³/mol. The molecule has 1 rings (SSSR count). The van der Waals surface area contributed by atoms with Crippen LogP contribution in [0.2, 0.25) is 52.4 Å². The van der Waals surface area contributed by atoms with Gasteiger partial charge < -0.3 is 0 Å². The Morgan fingerprint density at radius 1 is 0.846 bits per heavy atom. The van der Waals surface area contributed by atoms with Gasteiger partial charge in [0.05, 0.1) is 0 Å². The molecule has 0 aromatic rings. The van der Waals surface area contributed by atoms with E-state index in [0.29, 0.717) is 0 Å². The molecule has 0 amide bonds. The standard InChI is InChI=1S/C16H42GeN6Si3/c1-15(2,3)21-17(19-20-18,22(16(4,5)6)26(21,13)14)23(24(7,8)9)25(10,11)12/h1-14H3. The van der Waals surface area contributed by atoms with E-state index in [2.05, 4.69) is 109 Å². The molecule has 0 atom stereocenters. The summed E-state index contributed by atoms with van der Waals surface area (Å²) in [5, 5.41) is 0. The molecule has 0 radical (unpaired) electrons. The average Bonchev–Trinajstić information content (AvgIpc) is 2.17. The molecule has 0 aliphatic carbocycles. The molecule has 0 bridgehead atoms. The van der Waals surface area contributed by atoms with Crippen molar-refractivity contribution < 1.29 is 0 Å². The van der Waals surface area contributed by atoms with Crippen molar-refractivity contribution in [2.24, 2.45) is 4.07 Å². The fourth-order valence-corrected chi connectivity index (χ4v) is 54.2. The van der Waals surface area contributed by atoms with E-state index in [0.717, 1.165) is 0 Å². The fourth-order valence-electron chi connectivity index (χ4n) is 5.73. The molecule has 0 N–H and O–H groups in total. The third kappa shape index (κ3) is 3.91. The second kappa shape index (κ2) is 6.72. The summed E-state index contributed by atoms with van der Waals surface area (Å²) in [4.78, 5) is 3.52. The quantitative estimate of drug-likeness (QED) is 0.230. The first-order valence-electron chi connectivity index (χ1n) is 9.64. The number of rotatable bonds is 4. The summed E-state index contributed by atoms with van der Waals surface area (Å²) in [5.41, 5.74) is 9.76. The zero-order valence-corrected chi connectivity index (χ0v) is 24.8. The van der Waals surface area contributed by atoms with Crippen molar-refractivity contribution in [1.29, 1.82) is 0 Å². The number of azide groups is 1. The monoisotopic (exact) mass is 476 g/mol. The van der Waals surface area contributed by atoms with Crippen LogP contribution < -0.4 is 0 Å². The van der Waals surface area contributed by atoms with Gasteiger partial charge in [-0.15, -0.1) is 0 Å². The van der Waals surface area contributed by atoms with Gasteiger partial charge in [0.2, 0.25) is 0 Å². The van der Waals surface area contributed by atoms with Crippen LogP contribution in [0.25, 0.3) is 10.4 Å². The summed E-state index contributed by atoms with van der Waals surface area (Å²) in [6.45, 7) is 33.3. The van der Waals surface area contributed by atoms with Crippen LogP contribution in [-0.4, -0.2) is 60.3 Å². The fraction of sp³-hybridized carbons (Fsp3) is 1.00. The normalized spacial score (nSPS) is 22.1. The van der Waals surface area contributed by atoms with Crippen molar-refractivity contribution in [3.63, 3.8) is 0 Å². The molecule has 0 aromatic carbocycles. The predicted octanol–water partition coefficient (Wildman–Crippen LogP) is 5.62. The maximum absolute atomic E-state index is 9.76.